The first-order chi connectivity index (χ1) is 7.50. The second kappa shape index (κ2) is 3.86. The molecule has 0 amide bonds. The van der Waals surface area contributed by atoms with Gasteiger partial charge in [-0.05, 0) is 28.9 Å². The van der Waals surface area contributed by atoms with Gasteiger partial charge in [0.25, 0.3) is 5.56 Å². The van der Waals surface area contributed by atoms with Crippen LogP contribution < -0.4 is 5.56 Å². The molecule has 2 aromatic rings. The third-order valence-corrected chi connectivity index (χ3v) is 2.76. The van der Waals surface area contributed by atoms with Crippen LogP contribution >= 0.6 is 15.9 Å². The zero-order chi connectivity index (χ0) is 11.9. The van der Waals surface area contributed by atoms with Crippen molar-refractivity contribution < 1.29 is 4.39 Å². The highest BCUT2D eigenvalue weighted by molar-refractivity contribution is 9.10. The third kappa shape index (κ3) is 1.69. The summed E-state index contributed by atoms with van der Waals surface area (Å²) in [5, 5.41) is 2.78. The molecule has 0 fully saturated rings. The number of halogens is 2. The van der Waals surface area contributed by atoms with E-state index in [2.05, 4.69) is 26.0 Å². The predicted molar refractivity (Wildman–Crippen MR) is 61.7 cm³/mol. The maximum atomic E-state index is 13.6. The van der Waals surface area contributed by atoms with Crippen molar-refractivity contribution in [1.82, 2.24) is 14.8 Å². The average Bonchev–Trinajstić information content (AvgIpc) is 2.46. The van der Waals surface area contributed by atoms with Gasteiger partial charge in [-0.1, -0.05) is 0 Å². The lowest BCUT2D eigenvalue weighted by Crippen LogP contribution is -2.12. The van der Waals surface area contributed by atoms with E-state index in [1.54, 1.807) is 14.0 Å². The van der Waals surface area contributed by atoms with Crippen LogP contribution in [-0.4, -0.2) is 14.8 Å². The van der Waals surface area contributed by atoms with Gasteiger partial charge in [0.05, 0.1) is 5.69 Å². The van der Waals surface area contributed by atoms with E-state index in [-0.39, 0.29) is 11.3 Å². The zero-order valence-electron chi connectivity index (χ0n) is 8.71. The Hall–Kier alpha value is -1.43. The van der Waals surface area contributed by atoms with Gasteiger partial charge in [0, 0.05) is 23.3 Å². The first-order valence-electron chi connectivity index (χ1n) is 4.57. The SMILES string of the molecule is Cc1c(-c2ncc(Br)cc2F)[nH]n(C)c1=O. The van der Waals surface area contributed by atoms with E-state index in [4.69, 9.17) is 0 Å². The summed E-state index contributed by atoms with van der Waals surface area (Å²) < 4.78 is 15.5. The Morgan fingerprint density at radius 2 is 2.25 bits per heavy atom. The number of aromatic nitrogens is 3. The lowest BCUT2D eigenvalue weighted by Gasteiger charge is -2.00. The van der Waals surface area contributed by atoms with Gasteiger partial charge in [-0.3, -0.25) is 19.6 Å². The Morgan fingerprint density at radius 3 is 2.75 bits per heavy atom. The smallest absolute Gasteiger partial charge is 0.269 e. The Labute approximate surface area is 99.2 Å². The molecule has 0 aliphatic rings. The molecule has 6 heteroatoms. The minimum atomic E-state index is -0.473. The number of aromatic amines is 1. The number of H-pyrrole nitrogens is 1. The van der Waals surface area contributed by atoms with Gasteiger partial charge in [0.1, 0.15) is 5.69 Å². The van der Waals surface area contributed by atoms with E-state index in [9.17, 15) is 9.18 Å². The summed E-state index contributed by atoms with van der Waals surface area (Å²) >= 11 is 3.13. The normalized spacial score (nSPS) is 10.8. The molecule has 0 saturated carbocycles. The van der Waals surface area contributed by atoms with Crippen molar-refractivity contribution in [3.63, 3.8) is 0 Å². The van der Waals surface area contributed by atoms with E-state index in [0.717, 1.165) is 0 Å². The maximum Gasteiger partial charge on any atom is 0.269 e. The lowest BCUT2D eigenvalue weighted by molar-refractivity contribution is 0.622. The van der Waals surface area contributed by atoms with Gasteiger partial charge >= 0.3 is 0 Å². The number of rotatable bonds is 1. The first kappa shape index (κ1) is 11.1. The molecule has 2 aromatic heterocycles. The fourth-order valence-corrected chi connectivity index (χ4v) is 1.79. The summed E-state index contributed by atoms with van der Waals surface area (Å²) in [7, 11) is 1.58. The predicted octanol–water partition coefficient (Wildman–Crippen LogP) is 1.99. The minimum absolute atomic E-state index is 0.151. The standard InChI is InChI=1S/C10H9BrFN3O/c1-5-8(14-15(2)10(5)16)9-7(12)3-6(11)4-13-9/h3-4,14H,1-2H3. The largest absolute Gasteiger partial charge is 0.293 e. The van der Waals surface area contributed by atoms with Crippen LogP contribution in [0, 0.1) is 12.7 Å². The Kier molecular flexibility index (Phi) is 2.67. The highest BCUT2D eigenvalue weighted by Crippen LogP contribution is 2.22. The molecule has 1 N–H and O–H groups in total. The first-order valence-corrected chi connectivity index (χ1v) is 5.37. The molecule has 0 spiro atoms. The number of hydrogen-bond donors (Lipinski definition) is 1. The topological polar surface area (TPSA) is 50.7 Å². The molecule has 2 rings (SSSR count). The van der Waals surface area contributed by atoms with Crippen molar-refractivity contribution in [3.8, 4) is 11.4 Å². The number of pyridine rings is 1. The van der Waals surface area contributed by atoms with Crippen molar-refractivity contribution in [3.05, 3.63) is 38.5 Å². The van der Waals surface area contributed by atoms with Gasteiger partial charge in [-0.25, -0.2) is 4.39 Å². The van der Waals surface area contributed by atoms with Crippen LogP contribution in [-0.2, 0) is 7.05 Å². The number of nitrogens with one attached hydrogen (secondary N) is 1. The Bertz CT molecular complexity index is 603. The fraction of sp³-hybridized carbons (Fsp3) is 0.200. The summed E-state index contributed by atoms with van der Waals surface area (Å²) in [6.45, 7) is 1.64. The molecule has 0 aliphatic carbocycles. The van der Waals surface area contributed by atoms with Gasteiger partial charge in [0.2, 0.25) is 0 Å². The number of nitrogens with zero attached hydrogens (tertiary/aromatic N) is 2. The summed E-state index contributed by atoms with van der Waals surface area (Å²) in [6.07, 6.45) is 1.49. The third-order valence-electron chi connectivity index (χ3n) is 2.32. The maximum absolute atomic E-state index is 13.6. The summed E-state index contributed by atoms with van der Waals surface area (Å²) in [6, 6.07) is 1.31. The summed E-state index contributed by atoms with van der Waals surface area (Å²) in [5.74, 6) is -0.473. The highest BCUT2D eigenvalue weighted by Gasteiger charge is 2.15. The lowest BCUT2D eigenvalue weighted by atomic mass is 10.2. The van der Waals surface area contributed by atoms with Crippen molar-refractivity contribution in [2.24, 2.45) is 7.05 Å². The highest BCUT2D eigenvalue weighted by atomic mass is 79.9. The molecular formula is C10H9BrFN3O. The number of hydrogen-bond acceptors (Lipinski definition) is 2. The van der Waals surface area contributed by atoms with E-state index in [1.807, 2.05) is 0 Å². The molecule has 0 bridgehead atoms. The molecule has 0 atom stereocenters. The number of aryl methyl sites for hydroxylation is 1. The van der Waals surface area contributed by atoms with E-state index >= 15 is 0 Å². The molecule has 16 heavy (non-hydrogen) atoms. The van der Waals surface area contributed by atoms with Gasteiger partial charge in [0.15, 0.2) is 5.82 Å². The second-order valence-electron chi connectivity index (χ2n) is 3.46. The van der Waals surface area contributed by atoms with Crippen LogP contribution in [0.2, 0.25) is 0 Å². The van der Waals surface area contributed by atoms with Crippen molar-refractivity contribution in [2.45, 2.75) is 6.92 Å². The van der Waals surface area contributed by atoms with Crippen LogP contribution in [0.1, 0.15) is 5.56 Å². The van der Waals surface area contributed by atoms with E-state index in [0.29, 0.717) is 15.7 Å². The molecule has 84 valence electrons. The second-order valence-corrected chi connectivity index (χ2v) is 4.38. The van der Waals surface area contributed by atoms with Crippen LogP contribution in [0.3, 0.4) is 0 Å². The molecule has 2 heterocycles. The van der Waals surface area contributed by atoms with Gasteiger partial charge in [-0.2, -0.15) is 0 Å². The molecule has 0 unspecified atom stereocenters. The average molecular weight is 286 g/mol. The Balaban J connectivity index is 2.68. The quantitative estimate of drug-likeness (QED) is 0.871. The van der Waals surface area contributed by atoms with Crippen molar-refractivity contribution in [1.29, 1.82) is 0 Å². The van der Waals surface area contributed by atoms with Crippen LogP contribution in [0.15, 0.2) is 21.5 Å². The van der Waals surface area contributed by atoms with Crippen LogP contribution in [0.4, 0.5) is 4.39 Å². The van der Waals surface area contributed by atoms with E-state index in [1.165, 1.54) is 16.9 Å². The molecule has 0 saturated heterocycles. The van der Waals surface area contributed by atoms with Crippen LogP contribution in [0.25, 0.3) is 11.4 Å². The monoisotopic (exact) mass is 285 g/mol. The molecular weight excluding hydrogens is 277 g/mol. The zero-order valence-corrected chi connectivity index (χ0v) is 10.3. The molecule has 0 aliphatic heterocycles. The van der Waals surface area contributed by atoms with Gasteiger partial charge in [-0.15, -0.1) is 0 Å². The van der Waals surface area contributed by atoms with Crippen molar-refractivity contribution in [2.75, 3.05) is 0 Å². The van der Waals surface area contributed by atoms with Gasteiger partial charge < -0.3 is 0 Å². The van der Waals surface area contributed by atoms with E-state index < -0.39 is 5.82 Å². The van der Waals surface area contributed by atoms with Crippen molar-refractivity contribution >= 4 is 15.9 Å². The van der Waals surface area contributed by atoms with Crippen LogP contribution in [0.5, 0.6) is 0 Å². The fourth-order valence-electron chi connectivity index (χ4n) is 1.49. The minimum Gasteiger partial charge on any atom is -0.293 e. The summed E-state index contributed by atoms with van der Waals surface area (Å²) in [4.78, 5) is 15.5. The molecule has 4 nitrogen and oxygen atoms in total. The Morgan fingerprint density at radius 1 is 1.56 bits per heavy atom. The molecule has 0 radical (unpaired) electrons. The summed E-state index contributed by atoms with van der Waals surface area (Å²) in [5.41, 5.74) is 0.839. The molecule has 0 aromatic carbocycles.